The van der Waals surface area contributed by atoms with E-state index in [1.165, 1.54) is 45.3 Å². The van der Waals surface area contributed by atoms with Gasteiger partial charge in [-0.3, -0.25) is 0 Å². The summed E-state index contributed by atoms with van der Waals surface area (Å²) in [7, 11) is 0. The third kappa shape index (κ3) is 4.62. The Labute approximate surface area is 87.9 Å². The summed E-state index contributed by atoms with van der Waals surface area (Å²) < 4.78 is 0. The molecule has 0 spiro atoms. The fourth-order valence-corrected chi connectivity index (χ4v) is 2.09. The molecular formula is C12H22N2. The van der Waals surface area contributed by atoms with Crippen LogP contribution in [-0.2, 0) is 0 Å². The second-order valence-corrected chi connectivity index (χ2v) is 4.49. The molecule has 0 saturated carbocycles. The molecule has 0 aromatic heterocycles. The van der Waals surface area contributed by atoms with E-state index in [1.807, 2.05) is 0 Å². The minimum Gasteiger partial charge on any atom is -0.303 e. The molecule has 1 saturated heterocycles. The van der Waals surface area contributed by atoms with Gasteiger partial charge in [-0.05, 0) is 57.7 Å². The fraction of sp³-hybridized carbons (Fsp3) is 0.917. The lowest BCUT2D eigenvalue weighted by Gasteiger charge is -2.19. The first kappa shape index (κ1) is 11.5. The molecule has 1 atom stereocenters. The summed E-state index contributed by atoms with van der Waals surface area (Å²) in [6.45, 7) is 6.11. The SMILES string of the molecule is CC1CCCN(CCCCC#N)CC1. The molecule has 0 bridgehead atoms. The van der Waals surface area contributed by atoms with Gasteiger partial charge in [0.2, 0.25) is 0 Å². The van der Waals surface area contributed by atoms with E-state index < -0.39 is 0 Å². The highest BCUT2D eigenvalue weighted by Gasteiger charge is 2.12. The Bertz CT molecular complexity index is 183. The van der Waals surface area contributed by atoms with Gasteiger partial charge in [-0.15, -0.1) is 0 Å². The molecule has 2 heteroatoms. The minimum atomic E-state index is 0.726. The highest BCUT2D eigenvalue weighted by atomic mass is 15.1. The second kappa shape index (κ2) is 6.84. The maximum absolute atomic E-state index is 8.42. The quantitative estimate of drug-likeness (QED) is 0.643. The highest BCUT2D eigenvalue weighted by Crippen LogP contribution is 2.16. The van der Waals surface area contributed by atoms with Crippen LogP contribution in [0.1, 0.15) is 45.4 Å². The topological polar surface area (TPSA) is 27.0 Å². The van der Waals surface area contributed by atoms with Gasteiger partial charge in [-0.2, -0.15) is 5.26 Å². The van der Waals surface area contributed by atoms with E-state index in [0.29, 0.717) is 0 Å². The first-order valence-corrected chi connectivity index (χ1v) is 5.92. The van der Waals surface area contributed by atoms with Crippen LogP contribution in [-0.4, -0.2) is 24.5 Å². The average Bonchev–Trinajstić information content (AvgIpc) is 2.38. The molecule has 0 aromatic carbocycles. The van der Waals surface area contributed by atoms with Crippen LogP contribution in [0.25, 0.3) is 0 Å². The van der Waals surface area contributed by atoms with E-state index >= 15 is 0 Å². The third-order valence-corrected chi connectivity index (χ3v) is 3.12. The van der Waals surface area contributed by atoms with Crippen LogP contribution < -0.4 is 0 Å². The van der Waals surface area contributed by atoms with Crippen molar-refractivity contribution >= 4 is 0 Å². The lowest BCUT2D eigenvalue weighted by molar-refractivity contribution is 0.276. The van der Waals surface area contributed by atoms with Crippen molar-refractivity contribution in [3.8, 4) is 6.07 Å². The maximum atomic E-state index is 8.42. The zero-order valence-corrected chi connectivity index (χ0v) is 9.34. The second-order valence-electron chi connectivity index (χ2n) is 4.49. The zero-order chi connectivity index (χ0) is 10.2. The van der Waals surface area contributed by atoms with E-state index in [1.54, 1.807) is 0 Å². The van der Waals surface area contributed by atoms with Crippen molar-refractivity contribution in [1.82, 2.24) is 4.90 Å². The molecule has 0 amide bonds. The first-order chi connectivity index (χ1) is 6.83. The summed E-state index contributed by atoms with van der Waals surface area (Å²) in [4.78, 5) is 2.57. The Morgan fingerprint density at radius 3 is 2.93 bits per heavy atom. The predicted octanol–water partition coefficient (Wildman–Crippen LogP) is 2.80. The normalized spacial score (nSPS) is 24.1. The van der Waals surface area contributed by atoms with E-state index in [9.17, 15) is 0 Å². The van der Waals surface area contributed by atoms with Gasteiger partial charge in [0.05, 0.1) is 6.07 Å². The molecule has 0 aromatic rings. The van der Waals surface area contributed by atoms with E-state index in [2.05, 4.69) is 17.9 Å². The maximum Gasteiger partial charge on any atom is 0.0621 e. The third-order valence-electron chi connectivity index (χ3n) is 3.12. The van der Waals surface area contributed by atoms with Crippen molar-refractivity contribution in [2.75, 3.05) is 19.6 Å². The zero-order valence-electron chi connectivity index (χ0n) is 9.34. The number of rotatable bonds is 4. The summed E-state index contributed by atoms with van der Waals surface area (Å²) in [5.74, 6) is 0.916. The smallest absolute Gasteiger partial charge is 0.0621 e. The van der Waals surface area contributed by atoms with Crippen LogP contribution in [0.3, 0.4) is 0 Å². The molecule has 0 N–H and O–H groups in total. The summed E-state index contributed by atoms with van der Waals surface area (Å²) in [5.41, 5.74) is 0. The Morgan fingerprint density at radius 1 is 1.29 bits per heavy atom. The number of unbranched alkanes of at least 4 members (excludes halogenated alkanes) is 2. The van der Waals surface area contributed by atoms with Crippen LogP contribution in [0.4, 0.5) is 0 Å². The number of nitrogens with zero attached hydrogens (tertiary/aromatic N) is 2. The van der Waals surface area contributed by atoms with Crippen LogP contribution in [0.15, 0.2) is 0 Å². The van der Waals surface area contributed by atoms with Gasteiger partial charge in [-0.25, -0.2) is 0 Å². The molecule has 1 unspecified atom stereocenters. The highest BCUT2D eigenvalue weighted by molar-refractivity contribution is 4.70. The van der Waals surface area contributed by atoms with Crippen molar-refractivity contribution < 1.29 is 0 Å². The number of hydrogen-bond acceptors (Lipinski definition) is 2. The molecule has 2 nitrogen and oxygen atoms in total. The lowest BCUT2D eigenvalue weighted by Crippen LogP contribution is -2.25. The molecule has 0 aliphatic carbocycles. The van der Waals surface area contributed by atoms with Gasteiger partial charge in [0.1, 0.15) is 0 Å². The molecule has 1 heterocycles. The van der Waals surface area contributed by atoms with Crippen LogP contribution in [0.5, 0.6) is 0 Å². The Balaban J connectivity index is 2.08. The van der Waals surface area contributed by atoms with Crippen LogP contribution >= 0.6 is 0 Å². The van der Waals surface area contributed by atoms with E-state index in [4.69, 9.17) is 5.26 Å². The molecule has 1 rings (SSSR count). The van der Waals surface area contributed by atoms with E-state index in [-0.39, 0.29) is 0 Å². The van der Waals surface area contributed by atoms with Gasteiger partial charge in [-0.1, -0.05) is 6.92 Å². The molecule has 1 aliphatic heterocycles. The monoisotopic (exact) mass is 194 g/mol. The average molecular weight is 194 g/mol. The summed E-state index contributed by atoms with van der Waals surface area (Å²) in [5, 5.41) is 8.42. The van der Waals surface area contributed by atoms with Crippen molar-refractivity contribution in [2.45, 2.75) is 45.4 Å². The molecule has 1 aliphatic rings. The predicted molar refractivity (Wildman–Crippen MR) is 58.9 cm³/mol. The molecule has 80 valence electrons. The number of likely N-dealkylation sites (tertiary alicyclic amines) is 1. The van der Waals surface area contributed by atoms with Crippen LogP contribution in [0.2, 0.25) is 0 Å². The van der Waals surface area contributed by atoms with E-state index in [0.717, 1.165) is 18.8 Å². The van der Waals surface area contributed by atoms with Gasteiger partial charge in [0.25, 0.3) is 0 Å². The Hall–Kier alpha value is -0.550. The summed E-state index contributed by atoms with van der Waals surface area (Å²) >= 11 is 0. The molecule has 0 radical (unpaired) electrons. The van der Waals surface area contributed by atoms with Crippen molar-refractivity contribution in [3.63, 3.8) is 0 Å². The Kier molecular flexibility index (Phi) is 5.63. The standard InChI is InChI=1S/C12H22N2/c1-12-6-5-10-14(11-7-12)9-4-2-3-8-13/h12H,2-7,9-11H2,1H3. The van der Waals surface area contributed by atoms with Crippen LogP contribution in [0, 0.1) is 17.2 Å². The largest absolute Gasteiger partial charge is 0.303 e. The van der Waals surface area contributed by atoms with Crippen molar-refractivity contribution in [1.29, 1.82) is 5.26 Å². The fourth-order valence-electron chi connectivity index (χ4n) is 2.09. The lowest BCUT2D eigenvalue weighted by atomic mass is 10.0. The molecular weight excluding hydrogens is 172 g/mol. The van der Waals surface area contributed by atoms with Gasteiger partial charge in [0, 0.05) is 6.42 Å². The van der Waals surface area contributed by atoms with Gasteiger partial charge < -0.3 is 4.90 Å². The minimum absolute atomic E-state index is 0.726. The van der Waals surface area contributed by atoms with Gasteiger partial charge >= 0.3 is 0 Å². The summed E-state index contributed by atoms with van der Waals surface area (Å²) in [6.07, 6.45) is 7.11. The van der Waals surface area contributed by atoms with Crippen molar-refractivity contribution in [2.24, 2.45) is 5.92 Å². The molecule has 14 heavy (non-hydrogen) atoms. The molecule has 1 fully saturated rings. The van der Waals surface area contributed by atoms with Gasteiger partial charge in [0.15, 0.2) is 0 Å². The first-order valence-electron chi connectivity index (χ1n) is 5.92. The Morgan fingerprint density at radius 2 is 2.14 bits per heavy atom. The number of nitriles is 1. The number of hydrogen-bond donors (Lipinski definition) is 0. The van der Waals surface area contributed by atoms with Crippen molar-refractivity contribution in [3.05, 3.63) is 0 Å². The summed E-state index contributed by atoms with van der Waals surface area (Å²) in [6, 6.07) is 2.21.